The predicted octanol–water partition coefficient (Wildman–Crippen LogP) is 3.22. The minimum absolute atomic E-state index is 0.0528. The van der Waals surface area contributed by atoms with Gasteiger partial charge in [-0.3, -0.25) is 25.0 Å². The van der Waals surface area contributed by atoms with E-state index in [2.05, 4.69) is 21.2 Å². The van der Waals surface area contributed by atoms with Gasteiger partial charge in [-0.1, -0.05) is 72.4 Å². The summed E-state index contributed by atoms with van der Waals surface area (Å²) < 4.78 is 1.53. The molecule has 4 rings (SSSR count). The highest BCUT2D eigenvalue weighted by Crippen LogP contribution is 2.21. The molecule has 3 aromatic carbocycles. The number of hydrogen-bond acceptors (Lipinski definition) is 5. The SMILES string of the molecule is O=C(CSc1nc2ccccc2c(=O)n1-c1ccccc1)NNC(=S)NCCc1ccccc1. The summed E-state index contributed by atoms with van der Waals surface area (Å²) in [5.74, 6) is -0.240. The second-order valence-electron chi connectivity index (χ2n) is 7.34. The van der Waals surface area contributed by atoms with Crippen molar-refractivity contribution in [3.05, 3.63) is 101 Å². The van der Waals surface area contributed by atoms with Gasteiger partial charge >= 0.3 is 0 Å². The number of hydrazine groups is 1. The molecule has 0 radical (unpaired) electrons. The normalized spacial score (nSPS) is 10.6. The Morgan fingerprint density at radius 2 is 1.59 bits per heavy atom. The van der Waals surface area contributed by atoms with Gasteiger partial charge in [0.25, 0.3) is 5.56 Å². The number of rotatable bonds is 7. The van der Waals surface area contributed by atoms with E-state index >= 15 is 0 Å². The van der Waals surface area contributed by atoms with Crippen LogP contribution in [-0.4, -0.2) is 32.9 Å². The number of thioether (sulfide) groups is 1. The van der Waals surface area contributed by atoms with Crippen LogP contribution in [0.15, 0.2) is 94.9 Å². The lowest BCUT2D eigenvalue weighted by molar-refractivity contribution is -0.119. The van der Waals surface area contributed by atoms with Crippen LogP contribution in [0.1, 0.15) is 5.56 Å². The van der Waals surface area contributed by atoms with Crippen LogP contribution < -0.4 is 21.7 Å². The summed E-state index contributed by atoms with van der Waals surface area (Å²) in [6.07, 6.45) is 0.817. The van der Waals surface area contributed by atoms with E-state index in [0.717, 1.165) is 6.42 Å². The van der Waals surface area contributed by atoms with Gasteiger partial charge in [0.05, 0.1) is 22.3 Å². The number of hydrogen-bond donors (Lipinski definition) is 3. The summed E-state index contributed by atoms with van der Waals surface area (Å²) in [5.41, 5.74) is 7.59. The van der Waals surface area contributed by atoms with Crippen LogP contribution in [0.2, 0.25) is 0 Å². The zero-order valence-corrected chi connectivity index (χ0v) is 19.9. The highest BCUT2D eigenvalue weighted by atomic mass is 32.2. The zero-order valence-electron chi connectivity index (χ0n) is 18.2. The number of carbonyl (C=O) groups is 1. The molecule has 0 saturated carbocycles. The van der Waals surface area contributed by atoms with Crippen molar-refractivity contribution in [3.63, 3.8) is 0 Å². The van der Waals surface area contributed by atoms with Gasteiger partial charge in [0.1, 0.15) is 0 Å². The molecule has 0 fully saturated rings. The van der Waals surface area contributed by atoms with E-state index in [9.17, 15) is 9.59 Å². The maximum absolute atomic E-state index is 13.2. The molecule has 1 aromatic heterocycles. The molecule has 0 bridgehead atoms. The number of benzene rings is 3. The molecule has 172 valence electrons. The highest BCUT2D eigenvalue weighted by Gasteiger charge is 2.14. The van der Waals surface area contributed by atoms with Crippen molar-refractivity contribution in [1.29, 1.82) is 0 Å². The zero-order chi connectivity index (χ0) is 23.8. The molecule has 0 spiro atoms. The first-order valence-electron chi connectivity index (χ1n) is 10.7. The Kier molecular flexibility index (Phi) is 7.90. The third kappa shape index (κ3) is 6.00. The molecule has 1 amide bonds. The molecule has 34 heavy (non-hydrogen) atoms. The Bertz CT molecular complexity index is 1340. The lowest BCUT2D eigenvalue weighted by Gasteiger charge is -2.14. The summed E-state index contributed by atoms with van der Waals surface area (Å²) >= 11 is 6.40. The second kappa shape index (κ2) is 11.4. The monoisotopic (exact) mass is 489 g/mol. The molecule has 0 aliphatic heterocycles. The Morgan fingerprint density at radius 3 is 2.35 bits per heavy atom. The molecule has 0 unspecified atom stereocenters. The summed E-state index contributed by atoms with van der Waals surface area (Å²) in [5, 5.41) is 4.35. The average Bonchev–Trinajstić information content (AvgIpc) is 2.87. The van der Waals surface area contributed by atoms with Crippen molar-refractivity contribution in [1.82, 2.24) is 25.7 Å². The molecule has 3 N–H and O–H groups in total. The topological polar surface area (TPSA) is 88.0 Å². The predicted molar refractivity (Wildman–Crippen MR) is 140 cm³/mol. The molecule has 4 aromatic rings. The van der Waals surface area contributed by atoms with Gasteiger partial charge in [0.2, 0.25) is 5.91 Å². The number of amides is 1. The largest absolute Gasteiger partial charge is 0.361 e. The van der Waals surface area contributed by atoms with E-state index in [1.807, 2.05) is 72.8 Å². The van der Waals surface area contributed by atoms with Crippen LogP contribution in [0.25, 0.3) is 16.6 Å². The summed E-state index contributed by atoms with van der Waals surface area (Å²) in [6, 6.07) is 26.5. The molecule has 9 heteroatoms. The maximum atomic E-state index is 13.2. The van der Waals surface area contributed by atoms with Gasteiger partial charge in [-0.2, -0.15) is 0 Å². The Morgan fingerprint density at radius 1 is 0.912 bits per heavy atom. The van der Waals surface area contributed by atoms with E-state index in [0.29, 0.717) is 33.4 Å². The summed E-state index contributed by atoms with van der Waals surface area (Å²) in [6.45, 7) is 0.644. The van der Waals surface area contributed by atoms with E-state index in [4.69, 9.17) is 12.2 Å². The lowest BCUT2D eigenvalue weighted by Crippen LogP contribution is -2.47. The molecule has 7 nitrogen and oxygen atoms in total. The Labute approximate surface area is 206 Å². The molecular weight excluding hydrogens is 466 g/mol. The average molecular weight is 490 g/mol. The number of thiocarbonyl (C=S) groups is 1. The van der Waals surface area contributed by atoms with E-state index in [-0.39, 0.29) is 17.2 Å². The molecule has 1 heterocycles. The van der Waals surface area contributed by atoms with Crippen molar-refractivity contribution < 1.29 is 4.79 Å². The first-order chi connectivity index (χ1) is 16.6. The number of nitrogens with zero attached hydrogens (tertiary/aromatic N) is 2. The summed E-state index contributed by atoms with van der Waals surface area (Å²) in [7, 11) is 0. The Hall–Kier alpha value is -3.69. The first-order valence-corrected chi connectivity index (χ1v) is 12.1. The number of fused-ring (bicyclic) bond motifs is 1. The van der Waals surface area contributed by atoms with Gasteiger partial charge in [-0.15, -0.1) is 0 Å². The third-order valence-electron chi connectivity index (χ3n) is 4.95. The standard InChI is InChI=1S/C25H23N5O2S2/c31-22(28-29-24(33)26-16-15-18-9-3-1-4-10-18)17-34-25-27-21-14-8-7-13-20(21)23(32)30(25)19-11-5-2-6-12-19/h1-14H,15-17H2,(H,28,31)(H2,26,29,33). The number of carbonyl (C=O) groups excluding carboxylic acids is 1. The quantitative estimate of drug-likeness (QED) is 0.159. The van der Waals surface area contributed by atoms with E-state index < -0.39 is 0 Å². The van der Waals surface area contributed by atoms with Gasteiger partial charge in [-0.05, 0) is 48.5 Å². The number of para-hydroxylation sites is 2. The fraction of sp³-hybridized carbons (Fsp3) is 0.120. The summed E-state index contributed by atoms with van der Waals surface area (Å²) in [4.78, 5) is 30.2. The van der Waals surface area contributed by atoms with Crippen molar-refractivity contribution in [2.45, 2.75) is 11.6 Å². The van der Waals surface area contributed by atoms with Crippen LogP contribution in [0.3, 0.4) is 0 Å². The number of aromatic nitrogens is 2. The van der Waals surface area contributed by atoms with E-state index in [1.54, 1.807) is 12.1 Å². The van der Waals surface area contributed by atoms with Crippen LogP contribution in [0.4, 0.5) is 0 Å². The van der Waals surface area contributed by atoms with Crippen LogP contribution in [0, 0.1) is 0 Å². The van der Waals surface area contributed by atoms with E-state index in [1.165, 1.54) is 21.9 Å². The fourth-order valence-corrected chi connectivity index (χ4v) is 4.28. The maximum Gasteiger partial charge on any atom is 0.266 e. The van der Waals surface area contributed by atoms with Crippen LogP contribution in [0.5, 0.6) is 0 Å². The van der Waals surface area contributed by atoms with Gasteiger partial charge in [0, 0.05) is 6.54 Å². The van der Waals surface area contributed by atoms with Gasteiger partial charge in [0.15, 0.2) is 10.3 Å². The van der Waals surface area contributed by atoms with Crippen LogP contribution >= 0.6 is 24.0 Å². The van der Waals surface area contributed by atoms with Gasteiger partial charge in [-0.25, -0.2) is 4.98 Å². The lowest BCUT2D eigenvalue weighted by atomic mass is 10.1. The third-order valence-corrected chi connectivity index (χ3v) is 6.13. The minimum atomic E-state index is -0.292. The fourth-order valence-electron chi connectivity index (χ4n) is 3.32. The molecular formula is C25H23N5O2S2. The Balaban J connectivity index is 1.37. The minimum Gasteiger partial charge on any atom is -0.361 e. The smallest absolute Gasteiger partial charge is 0.266 e. The highest BCUT2D eigenvalue weighted by molar-refractivity contribution is 7.99. The second-order valence-corrected chi connectivity index (χ2v) is 8.69. The van der Waals surface area contributed by atoms with Gasteiger partial charge < -0.3 is 5.32 Å². The van der Waals surface area contributed by atoms with Crippen LogP contribution in [-0.2, 0) is 11.2 Å². The first kappa shape index (κ1) is 23.5. The van der Waals surface area contributed by atoms with Crippen molar-refractivity contribution in [2.24, 2.45) is 0 Å². The molecule has 0 atom stereocenters. The molecule has 0 aliphatic carbocycles. The van der Waals surface area contributed by atoms with Crippen molar-refractivity contribution in [3.8, 4) is 5.69 Å². The van der Waals surface area contributed by atoms with Crippen molar-refractivity contribution >= 4 is 45.9 Å². The van der Waals surface area contributed by atoms with Crippen molar-refractivity contribution in [2.75, 3.05) is 12.3 Å². The number of nitrogens with one attached hydrogen (secondary N) is 3. The molecule has 0 aliphatic rings. The molecule has 0 saturated heterocycles.